The Balaban J connectivity index is 0.000000192. The van der Waals surface area contributed by atoms with Crippen molar-refractivity contribution >= 4 is 72.9 Å². The summed E-state index contributed by atoms with van der Waals surface area (Å²) in [4.78, 5) is 20.0. The molecular formula is C61H60O6S6+2. The lowest BCUT2D eigenvalue weighted by molar-refractivity contribution is -0.176. The van der Waals surface area contributed by atoms with Crippen molar-refractivity contribution in [2.75, 3.05) is 31.3 Å². The minimum absolute atomic E-state index is 0.0885. The first-order valence-electron chi connectivity index (χ1n) is 22.7. The summed E-state index contributed by atoms with van der Waals surface area (Å²) in [6, 6.07) is 82.5. The number of carboxylic acid groups (broad SMARTS) is 1. The molecule has 0 spiro atoms. The number of carboxylic acids is 1. The molecule has 4 atom stereocenters. The van der Waals surface area contributed by atoms with Gasteiger partial charge in [-0.2, -0.15) is 0 Å². The lowest BCUT2D eigenvalue weighted by Gasteiger charge is -2.05. The van der Waals surface area contributed by atoms with Crippen LogP contribution in [0.1, 0.15) is 6.92 Å². The van der Waals surface area contributed by atoms with Gasteiger partial charge in [-0.15, -0.1) is 11.8 Å². The summed E-state index contributed by atoms with van der Waals surface area (Å²) < 4.78 is 22.9. The molecule has 0 saturated carbocycles. The first-order valence-corrected chi connectivity index (χ1v) is 31.2. The Bertz CT molecular complexity index is 3050. The van der Waals surface area contributed by atoms with Gasteiger partial charge >= 0.3 is 0 Å². The maximum Gasteiger partial charge on any atom is 0.300 e. The molecule has 0 saturated heterocycles. The van der Waals surface area contributed by atoms with Crippen LogP contribution in [-0.2, 0) is 48.2 Å². The summed E-state index contributed by atoms with van der Waals surface area (Å²) in [6.45, 7) is 1.08. The van der Waals surface area contributed by atoms with Crippen molar-refractivity contribution in [3.8, 4) is 33.4 Å². The molecule has 0 fully saturated rings. The fourth-order valence-corrected chi connectivity index (χ4v) is 12.1. The Morgan fingerprint density at radius 2 is 0.616 bits per heavy atom. The molecule has 0 aliphatic carbocycles. The summed E-state index contributed by atoms with van der Waals surface area (Å²) in [6.07, 6.45) is 10.1. The Kier molecular flexibility index (Phi) is 24.6. The monoisotopic (exact) mass is 1080 g/mol. The molecule has 12 heteroatoms. The van der Waals surface area contributed by atoms with E-state index >= 15 is 0 Å². The Morgan fingerprint density at radius 3 is 0.904 bits per heavy atom. The minimum atomic E-state index is -0.924. The van der Waals surface area contributed by atoms with Crippen molar-refractivity contribution in [1.82, 2.24) is 0 Å². The van der Waals surface area contributed by atoms with Crippen molar-refractivity contribution in [1.29, 1.82) is 0 Å². The quantitative estimate of drug-likeness (QED) is 0.0480. The van der Waals surface area contributed by atoms with Crippen LogP contribution < -0.4 is 0 Å². The Morgan fingerprint density at radius 1 is 0.384 bits per heavy atom. The molecule has 0 aliphatic heterocycles. The van der Waals surface area contributed by atoms with Crippen LogP contribution in [0, 0.1) is 0 Å². The van der Waals surface area contributed by atoms with Crippen molar-refractivity contribution in [2.24, 2.45) is 0 Å². The van der Waals surface area contributed by atoms with Crippen LogP contribution in [0.5, 0.6) is 0 Å². The third-order valence-electron chi connectivity index (χ3n) is 10.9. The lowest BCUT2D eigenvalue weighted by Crippen LogP contribution is -2.00. The van der Waals surface area contributed by atoms with Crippen LogP contribution in [0.4, 0.5) is 0 Å². The van der Waals surface area contributed by atoms with Crippen molar-refractivity contribution in [3.05, 3.63) is 237 Å². The molecule has 0 amide bonds. The number of thioether (sulfide) groups is 1. The first-order chi connectivity index (χ1) is 35.4. The number of hydrogen-bond donors (Lipinski definition) is 3. The Hall–Kier alpha value is -5.93. The van der Waals surface area contributed by atoms with E-state index in [9.17, 15) is 8.42 Å². The summed E-state index contributed by atoms with van der Waals surface area (Å²) >= 11 is 3.54. The highest BCUT2D eigenvalue weighted by molar-refractivity contribution is 7.99. The summed E-state index contributed by atoms with van der Waals surface area (Å²) in [5.41, 5.74) is 7.21. The van der Waals surface area contributed by atoms with Crippen molar-refractivity contribution in [2.45, 2.75) is 51.0 Å². The minimum Gasteiger partial charge on any atom is -0.481 e. The average Bonchev–Trinajstić information content (AvgIpc) is 3.44. The van der Waals surface area contributed by atoms with Crippen LogP contribution in [-0.4, -0.2) is 61.3 Å². The molecule has 73 heavy (non-hydrogen) atoms. The van der Waals surface area contributed by atoms with Gasteiger partial charge in [-0.3, -0.25) is 23.7 Å². The maximum absolute atomic E-state index is 11.5. The van der Waals surface area contributed by atoms with Gasteiger partial charge in [-0.05, 0) is 173 Å². The zero-order chi connectivity index (χ0) is 52.5. The number of rotatable bonds is 12. The van der Waals surface area contributed by atoms with E-state index in [-0.39, 0.29) is 21.8 Å². The molecule has 0 aromatic heterocycles. The van der Waals surface area contributed by atoms with Crippen LogP contribution in [0.3, 0.4) is 0 Å². The van der Waals surface area contributed by atoms with Gasteiger partial charge < -0.3 is 5.11 Å². The van der Waals surface area contributed by atoms with Gasteiger partial charge in [0.2, 0.25) is 0 Å². The van der Waals surface area contributed by atoms with E-state index in [1.807, 2.05) is 54.6 Å². The van der Waals surface area contributed by atoms with Gasteiger partial charge in [-0.1, -0.05) is 115 Å². The standard InChI is InChI=1S/C20H19OS2.C20H19S2.C19H16OS2.C2H4O2.H2O2/c1-22(18-6-4-3-5-7-18)19-12-8-16(9-13-19)17-10-14-20(15-11-17)23(2)21;1-21-18-12-8-16(9-13-18)17-10-14-20(15-11-17)22(2)19-6-4-3-5-7-19;1-22(20)19-13-9-16(10-14-19)15-7-11-18(12-8-15)21-17-5-3-2-4-6-17;1-2(3)4;1-2/h3-15H,1-2H3;3-15H,1-2H3;2-14H,1H3;1H3,(H,3,4);1-2H/q2*+1;;;. The molecule has 0 radical (unpaired) electrons. The van der Waals surface area contributed by atoms with Crippen LogP contribution in [0.25, 0.3) is 33.4 Å². The summed E-state index contributed by atoms with van der Waals surface area (Å²) in [7, 11) is -1.63. The fourth-order valence-electron chi connectivity index (χ4n) is 7.03. The van der Waals surface area contributed by atoms with Gasteiger partial charge in [0, 0.05) is 65.5 Å². The van der Waals surface area contributed by atoms with Gasteiger partial charge in [-0.25, -0.2) is 0 Å². The van der Waals surface area contributed by atoms with Gasteiger partial charge in [0.1, 0.15) is 12.5 Å². The highest BCUT2D eigenvalue weighted by Crippen LogP contribution is 2.31. The van der Waals surface area contributed by atoms with Gasteiger partial charge in [0.25, 0.3) is 5.97 Å². The Labute approximate surface area is 450 Å². The second-order valence-electron chi connectivity index (χ2n) is 15.8. The lowest BCUT2D eigenvalue weighted by atomic mass is 10.1. The maximum atomic E-state index is 11.5. The predicted molar refractivity (Wildman–Crippen MR) is 314 cm³/mol. The molecule has 0 aliphatic rings. The zero-order valence-electron chi connectivity index (χ0n) is 41.5. The van der Waals surface area contributed by atoms with Crippen LogP contribution in [0.15, 0.2) is 281 Å². The van der Waals surface area contributed by atoms with Crippen molar-refractivity contribution < 1.29 is 28.8 Å². The number of hydrogen-bond acceptors (Lipinski definition) is 7. The van der Waals surface area contributed by atoms with Crippen molar-refractivity contribution in [3.63, 3.8) is 0 Å². The number of benzene rings is 9. The number of carbonyl (C=O) groups is 1. The molecule has 0 heterocycles. The van der Waals surface area contributed by atoms with Crippen LogP contribution >= 0.6 is 23.5 Å². The molecule has 9 aromatic carbocycles. The second-order valence-corrected chi connectivity index (χ2v) is 24.6. The molecule has 0 bridgehead atoms. The topological polar surface area (TPSA) is 112 Å². The van der Waals surface area contributed by atoms with E-state index in [2.05, 4.69) is 201 Å². The predicted octanol–water partition coefficient (Wildman–Crippen LogP) is 15.8. The second kappa shape index (κ2) is 31.0. The summed E-state index contributed by atoms with van der Waals surface area (Å²) in [5.74, 6) is -0.833. The van der Waals surface area contributed by atoms with E-state index in [0.29, 0.717) is 0 Å². The van der Waals surface area contributed by atoms with E-state index in [1.165, 1.54) is 56.5 Å². The zero-order valence-corrected chi connectivity index (χ0v) is 46.4. The van der Waals surface area contributed by atoms with Crippen LogP contribution in [0.2, 0.25) is 0 Å². The highest BCUT2D eigenvalue weighted by Gasteiger charge is 2.19. The van der Waals surface area contributed by atoms with Gasteiger partial charge in [0.15, 0.2) is 19.6 Å². The molecular weight excluding hydrogens is 1020 g/mol. The molecule has 4 unspecified atom stereocenters. The fraction of sp³-hybridized carbons (Fsp3) is 0.0984. The van der Waals surface area contributed by atoms with E-state index in [0.717, 1.165) is 27.8 Å². The third kappa shape index (κ3) is 18.8. The van der Waals surface area contributed by atoms with Gasteiger partial charge in [0.05, 0.1) is 21.8 Å². The molecule has 9 aromatic rings. The average molecular weight is 1080 g/mol. The summed E-state index contributed by atoms with van der Waals surface area (Å²) in [5, 5.41) is 19.4. The largest absolute Gasteiger partial charge is 0.481 e. The normalized spacial score (nSPS) is 11.9. The molecule has 374 valence electrons. The highest BCUT2D eigenvalue weighted by atomic mass is 32.2. The number of aliphatic carboxylic acids is 1. The first kappa shape index (κ1) is 58.0. The van der Waals surface area contributed by atoms with E-state index in [1.54, 1.807) is 36.0 Å². The smallest absolute Gasteiger partial charge is 0.300 e. The SMILES string of the molecule is CC(=O)O.CS(=O)c1ccc(-c2ccc(Sc3ccccc3)cc2)cc1.CS(=O)c1ccc(-c2ccc([S+](C)c3ccccc3)cc2)cc1.CSc1ccc(-c2ccc([S+](C)c3ccccc3)cc2)cc1.OO. The molecule has 9 rings (SSSR count). The molecule has 6 nitrogen and oxygen atoms in total. The molecule has 3 N–H and O–H groups in total. The van der Waals surface area contributed by atoms with E-state index in [4.69, 9.17) is 20.4 Å². The third-order valence-corrected chi connectivity index (χ3v) is 18.5. The van der Waals surface area contributed by atoms with E-state index < -0.39 is 27.6 Å².